The van der Waals surface area contributed by atoms with E-state index < -0.39 is 0 Å². The summed E-state index contributed by atoms with van der Waals surface area (Å²) in [6.07, 6.45) is 2.61. The molecule has 2 N–H and O–H groups in total. The first-order valence-electron chi connectivity index (χ1n) is 5.61. The molecule has 2 rings (SSSR count). The maximum Gasteiger partial charge on any atom is 0.0352 e. The maximum absolute atomic E-state index is 6.04. The molecule has 1 saturated carbocycles. The fourth-order valence-corrected chi connectivity index (χ4v) is 3.05. The predicted octanol–water partition coefficient (Wildman–Crippen LogP) is 3.44. The van der Waals surface area contributed by atoms with Crippen molar-refractivity contribution in [3.63, 3.8) is 0 Å². The van der Waals surface area contributed by atoms with Crippen LogP contribution in [0, 0.1) is 0 Å². The molecule has 0 bridgehead atoms. The third-order valence-corrected chi connectivity index (χ3v) is 4.46. The fraction of sp³-hybridized carbons (Fsp3) is 0.538. The van der Waals surface area contributed by atoms with E-state index in [1.54, 1.807) is 0 Å². The number of benzene rings is 1. The largest absolute Gasteiger partial charge is 0.398 e. The molecule has 1 aromatic carbocycles. The molecule has 1 nitrogen and oxygen atoms in total. The molecule has 0 radical (unpaired) electrons. The van der Waals surface area contributed by atoms with E-state index in [0.717, 1.165) is 5.69 Å². The fourth-order valence-electron chi connectivity index (χ4n) is 1.95. The third-order valence-electron chi connectivity index (χ3n) is 3.08. The van der Waals surface area contributed by atoms with Crippen LogP contribution in [0.5, 0.6) is 0 Å². The van der Waals surface area contributed by atoms with Gasteiger partial charge in [0.1, 0.15) is 0 Å². The smallest absolute Gasteiger partial charge is 0.0352 e. The molecular formula is C13H19NS. The Morgan fingerprint density at radius 3 is 2.53 bits per heavy atom. The lowest BCUT2D eigenvalue weighted by atomic mass is 9.96. The zero-order valence-corrected chi connectivity index (χ0v) is 10.3. The molecule has 1 aliphatic rings. The highest BCUT2D eigenvalue weighted by atomic mass is 32.2. The van der Waals surface area contributed by atoms with Crippen molar-refractivity contribution >= 4 is 17.4 Å². The van der Waals surface area contributed by atoms with Crippen molar-refractivity contribution in [1.29, 1.82) is 0 Å². The molecule has 1 aliphatic carbocycles. The first-order chi connectivity index (χ1) is 7.14. The van der Waals surface area contributed by atoms with E-state index in [0.29, 0.717) is 10.7 Å². The van der Waals surface area contributed by atoms with Gasteiger partial charge in [0.2, 0.25) is 0 Å². The quantitative estimate of drug-likeness (QED) is 0.788. The SMILES string of the molecule is CC(C)SCC1(c2ccccc2N)CC1. The number of hydrogen-bond donors (Lipinski definition) is 1. The summed E-state index contributed by atoms with van der Waals surface area (Å²) >= 11 is 2.05. The topological polar surface area (TPSA) is 26.0 Å². The van der Waals surface area contributed by atoms with Crippen molar-refractivity contribution in [2.24, 2.45) is 0 Å². The van der Waals surface area contributed by atoms with Gasteiger partial charge in [0.05, 0.1) is 0 Å². The van der Waals surface area contributed by atoms with Gasteiger partial charge in [0, 0.05) is 16.9 Å². The number of anilines is 1. The summed E-state index contributed by atoms with van der Waals surface area (Å²) in [6.45, 7) is 4.52. The molecule has 0 aromatic heterocycles. The molecule has 82 valence electrons. The molecule has 0 aliphatic heterocycles. The normalized spacial score (nSPS) is 18.1. The average Bonchev–Trinajstić information content (AvgIpc) is 2.97. The minimum absolute atomic E-state index is 0.403. The van der Waals surface area contributed by atoms with Gasteiger partial charge in [-0.05, 0) is 29.7 Å². The van der Waals surface area contributed by atoms with Gasteiger partial charge in [-0.15, -0.1) is 0 Å². The van der Waals surface area contributed by atoms with Crippen molar-refractivity contribution < 1.29 is 0 Å². The molecule has 0 spiro atoms. The van der Waals surface area contributed by atoms with E-state index in [9.17, 15) is 0 Å². The van der Waals surface area contributed by atoms with Crippen LogP contribution in [0.2, 0.25) is 0 Å². The van der Waals surface area contributed by atoms with Crippen LogP contribution in [0.15, 0.2) is 24.3 Å². The number of nitrogens with two attached hydrogens (primary N) is 1. The highest BCUT2D eigenvalue weighted by Crippen LogP contribution is 2.52. The first-order valence-corrected chi connectivity index (χ1v) is 6.65. The Morgan fingerprint density at radius 2 is 2.00 bits per heavy atom. The van der Waals surface area contributed by atoms with Crippen LogP contribution in [-0.4, -0.2) is 11.0 Å². The summed E-state index contributed by atoms with van der Waals surface area (Å²) in [4.78, 5) is 0. The Morgan fingerprint density at radius 1 is 1.33 bits per heavy atom. The summed E-state index contributed by atoms with van der Waals surface area (Å²) in [6, 6.07) is 8.34. The number of hydrogen-bond acceptors (Lipinski definition) is 2. The number of para-hydroxylation sites is 1. The highest BCUT2D eigenvalue weighted by Gasteiger charge is 2.45. The van der Waals surface area contributed by atoms with Gasteiger partial charge >= 0.3 is 0 Å². The summed E-state index contributed by atoms with van der Waals surface area (Å²) < 4.78 is 0. The van der Waals surface area contributed by atoms with Gasteiger partial charge in [-0.3, -0.25) is 0 Å². The summed E-state index contributed by atoms with van der Waals surface area (Å²) in [5.74, 6) is 1.22. The molecule has 0 unspecified atom stereocenters. The lowest BCUT2D eigenvalue weighted by molar-refractivity contribution is 0.803. The Bertz CT molecular complexity index is 342. The van der Waals surface area contributed by atoms with Gasteiger partial charge in [-0.1, -0.05) is 32.0 Å². The minimum Gasteiger partial charge on any atom is -0.398 e. The molecule has 0 amide bonds. The van der Waals surface area contributed by atoms with Crippen molar-refractivity contribution in [2.45, 2.75) is 37.4 Å². The Balaban J connectivity index is 2.13. The second kappa shape index (κ2) is 4.09. The van der Waals surface area contributed by atoms with Gasteiger partial charge in [-0.2, -0.15) is 11.8 Å². The molecule has 15 heavy (non-hydrogen) atoms. The van der Waals surface area contributed by atoms with E-state index in [2.05, 4.69) is 26.0 Å². The van der Waals surface area contributed by atoms with Gasteiger partial charge in [-0.25, -0.2) is 0 Å². The standard InChI is InChI=1S/C13H19NS/c1-10(2)15-9-13(7-8-13)11-5-3-4-6-12(11)14/h3-6,10H,7-9,14H2,1-2H3. The first kappa shape index (κ1) is 10.9. The van der Waals surface area contributed by atoms with E-state index >= 15 is 0 Å². The average molecular weight is 221 g/mol. The zero-order valence-electron chi connectivity index (χ0n) is 9.49. The lowest BCUT2D eigenvalue weighted by Gasteiger charge is -2.18. The predicted molar refractivity (Wildman–Crippen MR) is 69.4 cm³/mol. The van der Waals surface area contributed by atoms with Crippen molar-refractivity contribution in [3.05, 3.63) is 29.8 Å². The van der Waals surface area contributed by atoms with E-state index in [1.807, 2.05) is 23.9 Å². The van der Waals surface area contributed by atoms with Crippen molar-refractivity contribution in [1.82, 2.24) is 0 Å². The van der Waals surface area contributed by atoms with Crippen molar-refractivity contribution in [3.8, 4) is 0 Å². The van der Waals surface area contributed by atoms with Crippen LogP contribution in [0.25, 0.3) is 0 Å². The lowest BCUT2D eigenvalue weighted by Crippen LogP contribution is -2.13. The zero-order chi connectivity index (χ0) is 10.9. The van der Waals surface area contributed by atoms with Crippen molar-refractivity contribution in [2.75, 3.05) is 11.5 Å². The molecule has 0 saturated heterocycles. The minimum atomic E-state index is 0.403. The van der Waals surface area contributed by atoms with Crippen LogP contribution in [0.3, 0.4) is 0 Å². The van der Waals surface area contributed by atoms with Gasteiger partial charge in [0.25, 0.3) is 0 Å². The summed E-state index contributed by atoms with van der Waals surface area (Å²) in [5, 5.41) is 0.715. The number of thioether (sulfide) groups is 1. The number of nitrogen functional groups attached to an aromatic ring is 1. The van der Waals surface area contributed by atoms with Crippen LogP contribution in [0.1, 0.15) is 32.3 Å². The Labute approximate surface area is 96.4 Å². The monoisotopic (exact) mass is 221 g/mol. The van der Waals surface area contributed by atoms with Crippen LogP contribution < -0.4 is 5.73 Å². The van der Waals surface area contributed by atoms with Gasteiger partial charge in [0.15, 0.2) is 0 Å². The maximum atomic E-state index is 6.04. The number of rotatable bonds is 4. The van der Waals surface area contributed by atoms with E-state index in [1.165, 1.54) is 24.2 Å². The van der Waals surface area contributed by atoms with E-state index in [-0.39, 0.29) is 0 Å². The second-order valence-corrected chi connectivity index (χ2v) is 6.29. The van der Waals surface area contributed by atoms with E-state index in [4.69, 9.17) is 5.73 Å². The molecule has 2 heteroatoms. The van der Waals surface area contributed by atoms with Crippen LogP contribution >= 0.6 is 11.8 Å². The summed E-state index contributed by atoms with van der Waals surface area (Å²) in [7, 11) is 0. The molecule has 0 heterocycles. The molecule has 1 fully saturated rings. The molecule has 1 aromatic rings. The molecule has 0 atom stereocenters. The Hall–Kier alpha value is -0.630. The van der Waals surface area contributed by atoms with Gasteiger partial charge < -0.3 is 5.73 Å². The highest BCUT2D eigenvalue weighted by molar-refractivity contribution is 7.99. The van der Waals surface area contributed by atoms with Crippen LogP contribution in [0.4, 0.5) is 5.69 Å². The second-order valence-electron chi connectivity index (χ2n) is 4.73. The third kappa shape index (κ3) is 2.31. The summed E-state index contributed by atoms with van der Waals surface area (Å²) in [5.41, 5.74) is 8.79. The van der Waals surface area contributed by atoms with Crippen LogP contribution in [-0.2, 0) is 5.41 Å². The molecular weight excluding hydrogens is 202 g/mol. The Kier molecular flexibility index (Phi) is 2.96.